The minimum Gasteiger partial charge on any atom is -0.264 e. The fourth-order valence-corrected chi connectivity index (χ4v) is 9.21. The zero-order valence-corrected chi connectivity index (χ0v) is 32.5. The molecule has 278 valence electrons. The van der Waals surface area contributed by atoms with Gasteiger partial charge in [0.05, 0.1) is 11.4 Å². The van der Waals surface area contributed by atoms with Crippen LogP contribution < -0.4 is 0 Å². The van der Waals surface area contributed by atoms with Gasteiger partial charge in [0.15, 0.2) is 5.82 Å². The average molecular weight is 762 g/mol. The molecule has 3 heteroatoms. The Kier molecular flexibility index (Phi) is 7.85. The van der Waals surface area contributed by atoms with Crippen molar-refractivity contribution in [3.63, 3.8) is 0 Å². The maximum atomic E-state index is 5.36. The molecule has 0 radical (unpaired) electrons. The number of nitrogens with zero attached hydrogens (tertiary/aromatic N) is 3. The standard InChI is InChI=1S/C57H35N3/c1-2-11-40(12-3-1)57-59-53(37-24-22-36(23-25-37)43-17-10-28-58-35-43)34-54(60-57)46-30-44(51-32-41-13-4-5-18-47(41)48-19-6-7-20-49(48)51)29-45(31-46)52-33-42-16-8-14-38-26-27-39-15-9-21-50(52)56(39)55(38)42/h1-35H. The zero-order valence-electron chi connectivity index (χ0n) is 32.5. The minimum absolute atomic E-state index is 0.685. The lowest BCUT2D eigenvalue weighted by Gasteiger charge is -2.18. The molecule has 12 rings (SSSR count). The molecule has 0 aliphatic rings. The second-order valence-corrected chi connectivity index (χ2v) is 15.6. The van der Waals surface area contributed by atoms with Gasteiger partial charge in [0.25, 0.3) is 0 Å². The smallest absolute Gasteiger partial charge is 0.160 e. The van der Waals surface area contributed by atoms with Crippen LogP contribution >= 0.6 is 0 Å². The van der Waals surface area contributed by atoms with Crippen LogP contribution in [0.4, 0.5) is 0 Å². The Morgan fingerprint density at radius 1 is 0.283 bits per heavy atom. The second-order valence-electron chi connectivity index (χ2n) is 15.6. The van der Waals surface area contributed by atoms with Crippen molar-refractivity contribution in [1.82, 2.24) is 15.0 Å². The lowest BCUT2D eigenvalue weighted by atomic mass is 9.86. The molecule has 3 nitrogen and oxygen atoms in total. The molecule has 0 unspecified atom stereocenters. The molecular formula is C57H35N3. The second kappa shape index (κ2) is 13.8. The van der Waals surface area contributed by atoms with Gasteiger partial charge in [-0.1, -0.05) is 158 Å². The summed E-state index contributed by atoms with van der Waals surface area (Å²) in [4.78, 5) is 14.9. The van der Waals surface area contributed by atoms with Gasteiger partial charge in [0.2, 0.25) is 0 Å². The summed E-state index contributed by atoms with van der Waals surface area (Å²) < 4.78 is 0. The largest absolute Gasteiger partial charge is 0.264 e. The molecule has 0 saturated heterocycles. The zero-order chi connectivity index (χ0) is 39.6. The average Bonchev–Trinajstić information content (AvgIpc) is 3.33. The Morgan fingerprint density at radius 3 is 1.63 bits per heavy atom. The van der Waals surface area contributed by atoms with Crippen molar-refractivity contribution in [3.8, 4) is 67.3 Å². The first-order valence-corrected chi connectivity index (χ1v) is 20.4. The molecule has 12 aromatic rings. The Bertz CT molecular complexity index is 3580. The highest BCUT2D eigenvalue weighted by Gasteiger charge is 2.18. The Hall–Kier alpha value is -8.01. The van der Waals surface area contributed by atoms with E-state index in [1.807, 2.05) is 30.5 Å². The van der Waals surface area contributed by atoms with Gasteiger partial charge < -0.3 is 0 Å². The third kappa shape index (κ3) is 5.71. The van der Waals surface area contributed by atoms with Crippen LogP contribution in [0.1, 0.15) is 0 Å². The van der Waals surface area contributed by atoms with E-state index in [-0.39, 0.29) is 0 Å². The predicted octanol–water partition coefficient (Wildman–Crippen LogP) is 15.1. The molecule has 0 spiro atoms. The first-order valence-electron chi connectivity index (χ1n) is 20.4. The third-order valence-electron chi connectivity index (χ3n) is 12.1. The highest BCUT2D eigenvalue weighted by Crippen LogP contribution is 2.44. The molecule has 0 N–H and O–H groups in total. The number of hydrogen-bond acceptors (Lipinski definition) is 3. The van der Waals surface area contributed by atoms with Gasteiger partial charge in [-0.3, -0.25) is 4.98 Å². The van der Waals surface area contributed by atoms with E-state index in [0.29, 0.717) is 5.82 Å². The van der Waals surface area contributed by atoms with Crippen molar-refractivity contribution in [3.05, 3.63) is 213 Å². The molecular weight excluding hydrogens is 727 g/mol. The fourth-order valence-electron chi connectivity index (χ4n) is 9.21. The van der Waals surface area contributed by atoms with Crippen LogP contribution in [0.15, 0.2) is 213 Å². The third-order valence-corrected chi connectivity index (χ3v) is 12.1. The topological polar surface area (TPSA) is 38.7 Å². The molecule has 10 aromatic carbocycles. The van der Waals surface area contributed by atoms with E-state index < -0.39 is 0 Å². The van der Waals surface area contributed by atoms with Crippen molar-refractivity contribution in [2.24, 2.45) is 0 Å². The number of pyridine rings is 1. The van der Waals surface area contributed by atoms with Gasteiger partial charge in [-0.25, -0.2) is 9.97 Å². The predicted molar refractivity (Wildman–Crippen MR) is 251 cm³/mol. The van der Waals surface area contributed by atoms with Crippen LogP contribution in [0, 0.1) is 0 Å². The van der Waals surface area contributed by atoms with Gasteiger partial charge in [-0.15, -0.1) is 0 Å². The van der Waals surface area contributed by atoms with Crippen LogP contribution in [-0.4, -0.2) is 15.0 Å². The van der Waals surface area contributed by atoms with Gasteiger partial charge in [0.1, 0.15) is 0 Å². The van der Waals surface area contributed by atoms with E-state index in [0.717, 1.165) is 50.3 Å². The van der Waals surface area contributed by atoms with E-state index in [2.05, 4.69) is 181 Å². The minimum atomic E-state index is 0.685. The molecule has 0 atom stereocenters. The SMILES string of the molecule is c1ccc(-c2nc(-c3ccc(-c4cccnc4)cc3)cc(-c3cc(-c4cc5ccccc5c5ccccc45)cc(-c4cc5cccc6ccc7cccc4c7c65)c3)n2)cc1. The summed E-state index contributed by atoms with van der Waals surface area (Å²) in [5.74, 6) is 0.685. The van der Waals surface area contributed by atoms with Crippen molar-refractivity contribution < 1.29 is 0 Å². The Labute approximate surface area is 347 Å². The van der Waals surface area contributed by atoms with E-state index in [9.17, 15) is 0 Å². The molecule has 0 saturated carbocycles. The molecule has 0 bridgehead atoms. The van der Waals surface area contributed by atoms with Gasteiger partial charge in [0, 0.05) is 29.1 Å². The van der Waals surface area contributed by atoms with Crippen LogP contribution in [0.2, 0.25) is 0 Å². The molecule has 0 fully saturated rings. The highest BCUT2D eigenvalue weighted by molar-refractivity contribution is 6.26. The van der Waals surface area contributed by atoms with E-state index in [1.165, 1.54) is 65.0 Å². The number of rotatable bonds is 6. The highest BCUT2D eigenvalue weighted by atomic mass is 14.9. The number of aromatic nitrogens is 3. The van der Waals surface area contributed by atoms with Crippen LogP contribution in [0.5, 0.6) is 0 Å². The molecule has 0 aliphatic heterocycles. The lowest BCUT2D eigenvalue weighted by molar-refractivity contribution is 1.18. The van der Waals surface area contributed by atoms with Crippen molar-refractivity contribution in [2.75, 3.05) is 0 Å². The molecule has 0 amide bonds. The number of hydrogen-bond donors (Lipinski definition) is 0. The number of fused-ring (bicyclic) bond motifs is 3. The van der Waals surface area contributed by atoms with Gasteiger partial charge in [-0.2, -0.15) is 0 Å². The van der Waals surface area contributed by atoms with E-state index in [1.54, 1.807) is 6.20 Å². The Balaban J connectivity index is 1.13. The van der Waals surface area contributed by atoms with Crippen LogP contribution in [-0.2, 0) is 0 Å². The number of benzene rings is 10. The quantitative estimate of drug-likeness (QED) is 0.158. The first kappa shape index (κ1) is 34.1. The maximum Gasteiger partial charge on any atom is 0.160 e. The van der Waals surface area contributed by atoms with Gasteiger partial charge in [-0.05, 0) is 130 Å². The summed E-state index contributed by atoms with van der Waals surface area (Å²) in [6.45, 7) is 0. The van der Waals surface area contributed by atoms with Crippen LogP contribution in [0.3, 0.4) is 0 Å². The van der Waals surface area contributed by atoms with Crippen molar-refractivity contribution >= 4 is 53.9 Å². The molecule has 0 aliphatic carbocycles. The monoisotopic (exact) mass is 761 g/mol. The Morgan fingerprint density at radius 2 is 0.850 bits per heavy atom. The van der Waals surface area contributed by atoms with Crippen molar-refractivity contribution in [2.45, 2.75) is 0 Å². The van der Waals surface area contributed by atoms with E-state index >= 15 is 0 Å². The maximum absolute atomic E-state index is 5.36. The first-order chi connectivity index (χ1) is 29.7. The molecule has 2 aromatic heterocycles. The van der Waals surface area contributed by atoms with Crippen molar-refractivity contribution in [1.29, 1.82) is 0 Å². The lowest BCUT2D eigenvalue weighted by Crippen LogP contribution is -1.97. The molecule has 2 heterocycles. The van der Waals surface area contributed by atoms with Crippen LogP contribution in [0.25, 0.3) is 121 Å². The summed E-state index contributed by atoms with van der Waals surface area (Å²) in [6.07, 6.45) is 3.70. The summed E-state index contributed by atoms with van der Waals surface area (Å²) in [6, 6.07) is 72.3. The normalized spacial score (nSPS) is 11.7. The van der Waals surface area contributed by atoms with E-state index in [4.69, 9.17) is 9.97 Å². The summed E-state index contributed by atoms with van der Waals surface area (Å²) in [5, 5.41) is 12.5. The molecule has 60 heavy (non-hydrogen) atoms. The van der Waals surface area contributed by atoms with Gasteiger partial charge >= 0.3 is 0 Å². The fraction of sp³-hybridized carbons (Fsp3) is 0. The summed E-state index contributed by atoms with van der Waals surface area (Å²) in [7, 11) is 0. The summed E-state index contributed by atoms with van der Waals surface area (Å²) in [5.41, 5.74) is 11.6. The summed E-state index contributed by atoms with van der Waals surface area (Å²) >= 11 is 0.